The molecule has 1 nitrogen and oxygen atoms in total. The minimum atomic E-state index is -0.484. The van der Waals surface area contributed by atoms with Crippen molar-refractivity contribution >= 4 is 45.3 Å². The van der Waals surface area contributed by atoms with E-state index in [9.17, 15) is 0 Å². The van der Waals surface area contributed by atoms with Crippen molar-refractivity contribution in [2.24, 2.45) is 0 Å². The standard InChI is InChI=1S/C49H31NS2/c1-3-14-32(15-4-1)36-19-13-22-41-48(36)52-46-25-12-9-21-40(46)49(41)39-20-8-11-24-45(39)51-47-29-27-34(31-42(47)49)33-26-28-44-38(30-33)37-18-7-10-23-43(37)50(44)35-16-5-2-6-17-35/h1-31H. The largest absolute Gasteiger partial charge is 0.309 e. The molecule has 52 heavy (non-hydrogen) atoms. The highest BCUT2D eigenvalue weighted by atomic mass is 32.2. The van der Waals surface area contributed by atoms with Crippen LogP contribution in [0.15, 0.2) is 208 Å². The lowest BCUT2D eigenvalue weighted by atomic mass is 9.64. The molecule has 0 fully saturated rings. The molecule has 0 saturated heterocycles. The maximum Gasteiger partial charge on any atom is 0.0745 e. The number of para-hydroxylation sites is 2. The predicted octanol–water partition coefficient (Wildman–Crippen LogP) is 13.4. The Labute approximate surface area is 311 Å². The van der Waals surface area contributed by atoms with Crippen molar-refractivity contribution in [3.63, 3.8) is 0 Å². The van der Waals surface area contributed by atoms with Crippen LogP contribution in [0.1, 0.15) is 22.3 Å². The van der Waals surface area contributed by atoms with Crippen molar-refractivity contribution in [3.05, 3.63) is 210 Å². The predicted molar refractivity (Wildman–Crippen MR) is 218 cm³/mol. The Morgan fingerprint density at radius 3 is 1.77 bits per heavy atom. The van der Waals surface area contributed by atoms with Crippen molar-refractivity contribution in [3.8, 4) is 27.9 Å². The van der Waals surface area contributed by atoms with Crippen LogP contribution in [0.4, 0.5) is 0 Å². The van der Waals surface area contributed by atoms with Crippen LogP contribution in [-0.4, -0.2) is 4.57 Å². The summed E-state index contributed by atoms with van der Waals surface area (Å²) in [4.78, 5) is 5.27. The Morgan fingerprint density at radius 2 is 0.962 bits per heavy atom. The van der Waals surface area contributed by atoms with E-state index in [0.29, 0.717) is 0 Å². The van der Waals surface area contributed by atoms with Gasteiger partial charge in [0.2, 0.25) is 0 Å². The molecule has 9 aromatic rings. The molecule has 1 spiro atoms. The first-order chi connectivity index (χ1) is 25.8. The quantitative estimate of drug-likeness (QED) is 0.181. The molecule has 2 aliphatic heterocycles. The van der Waals surface area contributed by atoms with Gasteiger partial charge in [0.05, 0.1) is 16.4 Å². The van der Waals surface area contributed by atoms with Crippen LogP contribution in [0.25, 0.3) is 49.7 Å². The second-order valence-electron chi connectivity index (χ2n) is 13.6. The van der Waals surface area contributed by atoms with Crippen molar-refractivity contribution in [2.45, 2.75) is 25.0 Å². The van der Waals surface area contributed by atoms with Gasteiger partial charge in [0, 0.05) is 36.0 Å². The Bertz CT molecular complexity index is 2840. The molecule has 0 bridgehead atoms. The number of aromatic nitrogens is 1. The smallest absolute Gasteiger partial charge is 0.0745 e. The topological polar surface area (TPSA) is 4.93 Å². The van der Waals surface area contributed by atoms with Crippen LogP contribution in [0.3, 0.4) is 0 Å². The van der Waals surface area contributed by atoms with E-state index >= 15 is 0 Å². The lowest BCUT2D eigenvalue weighted by molar-refractivity contribution is 0.668. The average Bonchev–Trinajstić information content (AvgIpc) is 3.55. The van der Waals surface area contributed by atoms with E-state index in [1.807, 2.05) is 23.5 Å². The van der Waals surface area contributed by atoms with Gasteiger partial charge in [-0.05, 0) is 99.1 Å². The lowest BCUT2D eigenvalue weighted by Gasteiger charge is -2.46. The van der Waals surface area contributed by atoms with E-state index in [1.165, 1.54) is 91.6 Å². The van der Waals surface area contributed by atoms with Crippen molar-refractivity contribution in [2.75, 3.05) is 0 Å². The van der Waals surface area contributed by atoms with E-state index in [2.05, 4.69) is 193 Å². The molecule has 2 aliphatic rings. The molecule has 8 aromatic carbocycles. The number of benzene rings is 8. The van der Waals surface area contributed by atoms with Gasteiger partial charge in [-0.2, -0.15) is 0 Å². The number of rotatable bonds is 3. The highest BCUT2D eigenvalue weighted by Crippen LogP contribution is 2.63. The molecule has 3 heteroatoms. The van der Waals surface area contributed by atoms with Gasteiger partial charge in [0.1, 0.15) is 0 Å². The molecular formula is C49H31NS2. The van der Waals surface area contributed by atoms with Crippen molar-refractivity contribution < 1.29 is 0 Å². The Balaban J connectivity index is 1.19. The van der Waals surface area contributed by atoms with Crippen LogP contribution >= 0.6 is 23.5 Å². The molecular weight excluding hydrogens is 667 g/mol. The second kappa shape index (κ2) is 11.6. The number of hydrogen-bond donors (Lipinski definition) is 0. The molecule has 244 valence electrons. The average molecular weight is 698 g/mol. The molecule has 0 radical (unpaired) electrons. The van der Waals surface area contributed by atoms with Crippen LogP contribution < -0.4 is 0 Å². The summed E-state index contributed by atoms with van der Waals surface area (Å²) in [6.07, 6.45) is 0. The van der Waals surface area contributed by atoms with Gasteiger partial charge in [-0.3, -0.25) is 0 Å². The van der Waals surface area contributed by atoms with Gasteiger partial charge in [-0.1, -0.05) is 157 Å². The number of fused-ring (bicyclic) bond motifs is 11. The zero-order valence-corrected chi connectivity index (χ0v) is 29.8. The Morgan fingerprint density at radius 1 is 0.365 bits per heavy atom. The zero-order valence-electron chi connectivity index (χ0n) is 28.2. The van der Waals surface area contributed by atoms with E-state index in [1.54, 1.807) is 0 Å². The van der Waals surface area contributed by atoms with Crippen molar-refractivity contribution in [1.29, 1.82) is 0 Å². The molecule has 0 amide bonds. The van der Waals surface area contributed by atoms with Gasteiger partial charge in [0.15, 0.2) is 0 Å². The highest BCUT2D eigenvalue weighted by Gasteiger charge is 2.49. The summed E-state index contributed by atoms with van der Waals surface area (Å²) in [7, 11) is 0. The fourth-order valence-electron chi connectivity index (χ4n) is 8.72. The molecule has 1 unspecified atom stereocenters. The molecule has 11 rings (SSSR count). The first kappa shape index (κ1) is 29.9. The summed E-state index contributed by atoms with van der Waals surface area (Å²) in [6.45, 7) is 0. The maximum absolute atomic E-state index is 2.50. The fourth-order valence-corrected chi connectivity index (χ4v) is 11.2. The van der Waals surface area contributed by atoms with Gasteiger partial charge in [-0.15, -0.1) is 0 Å². The minimum Gasteiger partial charge on any atom is -0.309 e. The molecule has 1 aromatic heterocycles. The SMILES string of the molecule is c1ccc(-c2cccc3c2Sc2ccccc2C32c3ccccc3Sc3ccc(-c4ccc5c(c4)c4ccccc4n5-c4ccccc4)cc32)cc1. The zero-order chi connectivity index (χ0) is 34.2. The molecule has 0 saturated carbocycles. The highest BCUT2D eigenvalue weighted by molar-refractivity contribution is 8.00. The third-order valence-corrected chi connectivity index (χ3v) is 13.3. The van der Waals surface area contributed by atoms with Crippen molar-refractivity contribution in [1.82, 2.24) is 4.57 Å². The number of hydrogen-bond acceptors (Lipinski definition) is 2. The second-order valence-corrected chi connectivity index (χ2v) is 15.8. The lowest BCUT2D eigenvalue weighted by Crippen LogP contribution is -2.36. The first-order valence-electron chi connectivity index (χ1n) is 17.8. The van der Waals surface area contributed by atoms with Gasteiger partial charge >= 0.3 is 0 Å². The normalized spacial score (nSPS) is 15.6. The summed E-state index contributed by atoms with van der Waals surface area (Å²) in [5.74, 6) is 0. The first-order valence-corrected chi connectivity index (χ1v) is 19.4. The third kappa shape index (κ3) is 4.27. The van der Waals surface area contributed by atoms with Crippen LogP contribution in [0, 0.1) is 0 Å². The maximum atomic E-state index is 2.50. The fraction of sp³-hybridized carbons (Fsp3) is 0.0204. The Kier molecular flexibility index (Phi) is 6.70. The molecule has 0 N–H and O–H groups in total. The number of nitrogens with zero attached hydrogens (tertiary/aromatic N) is 1. The van der Waals surface area contributed by atoms with Crippen LogP contribution in [0.5, 0.6) is 0 Å². The third-order valence-electron chi connectivity index (χ3n) is 10.9. The molecule has 0 aliphatic carbocycles. The summed E-state index contributed by atoms with van der Waals surface area (Å²) < 4.78 is 2.39. The monoisotopic (exact) mass is 697 g/mol. The molecule has 3 heterocycles. The van der Waals surface area contributed by atoms with E-state index in [4.69, 9.17) is 0 Å². The van der Waals surface area contributed by atoms with Crippen LogP contribution in [0.2, 0.25) is 0 Å². The molecule has 1 atom stereocenters. The van der Waals surface area contributed by atoms with Gasteiger partial charge < -0.3 is 4.57 Å². The summed E-state index contributed by atoms with van der Waals surface area (Å²) in [5, 5.41) is 2.53. The minimum absolute atomic E-state index is 0.484. The summed E-state index contributed by atoms with van der Waals surface area (Å²) >= 11 is 3.81. The van der Waals surface area contributed by atoms with E-state index in [-0.39, 0.29) is 0 Å². The Hall–Kier alpha value is -5.74. The van der Waals surface area contributed by atoms with Crippen LogP contribution in [-0.2, 0) is 5.41 Å². The van der Waals surface area contributed by atoms with E-state index < -0.39 is 5.41 Å². The van der Waals surface area contributed by atoms with Gasteiger partial charge in [-0.25, -0.2) is 0 Å². The summed E-state index contributed by atoms with van der Waals surface area (Å²) in [5.41, 5.74) is 13.5. The van der Waals surface area contributed by atoms with E-state index in [0.717, 1.165) is 0 Å². The van der Waals surface area contributed by atoms with Gasteiger partial charge in [0.25, 0.3) is 0 Å². The summed E-state index contributed by atoms with van der Waals surface area (Å²) in [6, 6.07) is 69.7.